The first kappa shape index (κ1) is 16.7. The van der Waals surface area contributed by atoms with Crippen LogP contribution >= 0.6 is 12.0 Å². The normalized spacial score (nSPS) is 10.7. The summed E-state index contributed by atoms with van der Waals surface area (Å²) in [5.41, 5.74) is 2.34. The molecular weight excluding hydrogens is 298 g/mol. The van der Waals surface area contributed by atoms with Crippen molar-refractivity contribution >= 4 is 12.0 Å². The third-order valence-corrected chi connectivity index (χ3v) is 3.58. The van der Waals surface area contributed by atoms with Gasteiger partial charge in [0, 0.05) is 18.3 Å². The SMILES string of the molecule is COc1ccc(CN(Cc2ccc(OC)cc2)OSC)cc1. The zero-order valence-corrected chi connectivity index (χ0v) is 13.9. The Labute approximate surface area is 136 Å². The average Bonchev–Trinajstić information content (AvgIpc) is 2.56. The fourth-order valence-corrected chi connectivity index (χ4v) is 2.40. The Bertz CT molecular complexity index is 508. The van der Waals surface area contributed by atoms with Gasteiger partial charge in [0.25, 0.3) is 0 Å². The summed E-state index contributed by atoms with van der Waals surface area (Å²) in [4.78, 5) is 0. The average molecular weight is 319 g/mol. The van der Waals surface area contributed by atoms with Gasteiger partial charge in [0.05, 0.1) is 27.3 Å². The van der Waals surface area contributed by atoms with E-state index in [4.69, 9.17) is 13.8 Å². The minimum atomic E-state index is 0.705. The minimum absolute atomic E-state index is 0.705. The number of hydroxylamine groups is 2. The number of rotatable bonds is 8. The van der Waals surface area contributed by atoms with Crippen molar-refractivity contribution in [2.24, 2.45) is 0 Å². The molecule has 0 saturated heterocycles. The predicted octanol–water partition coefficient (Wildman–Crippen LogP) is 3.92. The molecule has 0 bridgehead atoms. The molecule has 0 saturated carbocycles. The van der Waals surface area contributed by atoms with Crippen LogP contribution in [-0.2, 0) is 17.4 Å². The molecule has 4 nitrogen and oxygen atoms in total. The minimum Gasteiger partial charge on any atom is -0.497 e. The predicted molar refractivity (Wildman–Crippen MR) is 89.8 cm³/mol. The van der Waals surface area contributed by atoms with Gasteiger partial charge in [-0.2, -0.15) is 5.06 Å². The third-order valence-electron chi connectivity index (χ3n) is 3.22. The molecule has 5 heteroatoms. The smallest absolute Gasteiger partial charge is 0.118 e. The zero-order chi connectivity index (χ0) is 15.8. The fourth-order valence-electron chi connectivity index (χ4n) is 2.08. The highest BCUT2D eigenvalue weighted by molar-refractivity contribution is 7.93. The Morgan fingerprint density at radius 2 is 1.18 bits per heavy atom. The lowest BCUT2D eigenvalue weighted by Crippen LogP contribution is -2.20. The van der Waals surface area contributed by atoms with Gasteiger partial charge in [0.2, 0.25) is 0 Å². The van der Waals surface area contributed by atoms with E-state index in [-0.39, 0.29) is 0 Å². The van der Waals surface area contributed by atoms with Crippen LogP contribution in [0.3, 0.4) is 0 Å². The summed E-state index contributed by atoms with van der Waals surface area (Å²) >= 11 is 1.34. The van der Waals surface area contributed by atoms with Gasteiger partial charge in [0.1, 0.15) is 11.5 Å². The Balaban J connectivity index is 2.01. The third kappa shape index (κ3) is 4.94. The number of hydrogen-bond acceptors (Lipinski definition) is 5. The second-order valence-electron chi connectivity index (χ2n) is 4.74. The van der Waals surface area contributed by atoms with E-state index in [0.29, 0.717) is 13.1 Å². The number of hydrogen-bond donors (Lipinski definition) is 0. The lowest BCUT2D eigenvalue weighted by molar-refractivity contribution is -0.0549. The van der Waals surface area contributed by atoms with Crippen LogP contribution in [0.25, 0.3) is 0 Å². The highest BCUT2D eigenvalue weighted by atomic mass is 32.2. The van der Waals surface area contributed by atoms with Crippen molar-refractivity contribution in [2.45, 2.75) is 13.1 Å². The van der Waals surface area contributed by atoms with Crippen LogP contribution in [0.4, 0.5) is 0 Å². The van der Waals surface area contributed by atoms with Crippen molar-refractivity contribution in [3.8, 4) is 11.5 Å². The summed E-state index contributed by atoms with van der Waals surface area (Å²) in [6.07, 6.45) is 1.91. The molecular formula is C17H21NO3S. The second kappa shape index (κ2) is 8.68. The maximum atomic E-state index is 5.65. The molecule has 22 heavy (non-hydrogen) atoms. The van der Waals surface area contributed by atoms with Gasteiger partial charge >= 0.3 is 0 Å². The standard InChI is InChI=1S/C17H21NO3S/c1-19-16-8-4-14(5-9-16)12-18(21-22-3)13-15-6-10-17(20-2)11-7-15/h4-11H,12-13H2,1-3H3. The molecule has 0 aromatic heterocycles. The zero-order valence-electron chi connectivity index (χ0n) is 13.1. The van der Waals surface area contributed by atoms with Crippen molar-refractivity contribution in [1.82, 2.24) is 5.06 Å². The Hall–Kier alpha value is -1.69. The van der Waals surface area contributed by atoms with Gasteiger partial charge in [-0.3, -0.25) is 0 Å². The molecule has 2 rings (SSSR count). The van der Waals surface area contributed by atoms with Crippen molar-refractivity contribution in [3.05, 3.63) is 59.7 Å². The molecule has 0 amide bonds. The largest absolute Gasteiger partial charge is 0.497 e. The van der Waals surface area contributed by atoms with E-state index in [1.807, 2.05) is 59.8 Å². The van der Waals surface area contributed by atoms with Gasteiger partial charge in [-0.1, -0.05) is 24.3 Å². The van der Waals surface area contributed by atoms with Gasteiger partial charge in [0.15, 0.2) is 0 Å². The summed E-state index contributed by atoms with van der Waals surface area (Å²) in [5, 5.41) is 1.92. The number of methoxy groups -OCH3 is 2. The van der Waals surface area contributed by atoms with Crippen LogP contribution in [0.2, 0.25) is 0 Å². The molecule has 0 unspecified atom stereocenters. The highest BCUT2D eigenvalue weighted by Gasteiger charge is 2.08. The van der Waals surface area contributed by atoms with E-state index in [1.54, 1.807) is 14.2 Å². The van der Waals surface area contributed by atoms with Crippen LogP contribution in [0.1, 0.15) is 11.1 Å². The van der Waals surface area contributed by atoms with E-state index in [2.05, 4.69) is 0 Å². The van der Waals surface area contributed by atoms with Crippen LogP contribution in [0, 0.1) is 0 Å². The molecule has 0 heterocycles. The van der Waals surface area contributed by atoms with Crippen LogP contribution in [0.15, 0.2) is 48.5 Å². The molecule has 0 N–H and O–H groups in total. The molecule has 0 fully saturated rings. The molecule has 118 valence electrons. The van der Waals surface area contributed by atoms with Gasteiger partial charge < -0.3 is 9.47 Å². The van der Waals surface area contributed by atoms with Crippen LogP contribution in [-0.4, -0.2) is 25.5 Å². The van der Waals surface area contributed by atoms with Crippen molar-refractivity contribution in [2.75, 3.05) is 20.5 Å². The molecule has 2 aromatic carbocycles. The fraction of sp³-hybridized carbons (Fsp3) is 0.294. The first-order valence-corrected chi connectivity index (χ1v) is 8.11. The quantitative estimate of drug-likeness (QED) is 0.544. The maximum absolute atomic E-state index is 5.65. The maximum Gasteiger partial charge on any atom is 0.118 e. The molecule has 0 aliphatic heterocycles. The van der Waals surface area contributed by atoms with Crippen molar-refractivity contribution < 1.29 is 13.8 Å². The summed E-state index contributed by atoms with van der Waals surface area (Å²) in [7, 11) is 3.34. The lowest BCUT2D eigenvalue weighted by atomic mass is 10.2. The number of ether oxygens (including phenoxy) is 2. The summed E-state index contributed by atoms with van der Waals surface area (Å²) < 4.78 is 16.0. The Kier molecular flexibility index (Phi) is 6.58. The number of nitrogens with zero attached hydrogens (tertiary/aromatic N) is 1. The topological polar surface area (TPSA) is 30.9 Å². The van der Waals surface area contributed by atoms with E-state index < -0.39 is 0 Å². The summed E-state index contributed by atoms with van der Waals surface area (Å²) in [5.74, 6) is 1.72. The van der Waals surface area contributed by atoms with E-state index >= 15 is 0 Å². The molecule has 0 aliphatic rings. The van der Waals surface area contributed by atoms with Gasteiger partial charge in [-0.05, 0) is 35.4 Å². The van der Waals surface area contributed by atoms with E-state index in [1.165, 1.54) is 23.2 Å². The lowest BCUT2D eigenvalue weighted by Gasteiger charge is -2.20. The Morgan fingerprint density at radius 1 is 0.773 bits per heavy atom. The van der Waals surface area contributed by atoms with Crippen LogP contribution < -0.4 is 9.47 Å². The summed E-state index contributed by atoms with van der Waals surface area (Å²) in [6, 6.07) is 16.0. The first-order valence-electron chi connectivity index (χ1n) is 6.96. The molecule has 0 aliphatic carbocycles. The first-order chi connectivity index (χ1) is 10.7. The van der Waals surface area contributed by atoms with Gasteiger partial charge in [-0.25, -0.2) is 4.28 Å². The molecule has 0 spiro atoms. The molecule has 0 atom stereocenters. The monoisotopic (exact) mass is 319 g/mol. The van der Waals surface area contributed by atoms with Crippen molar-refractivity contribution in [1.29, 1.82) is 0 Å². The molecule has 0 radical (unpaired) electrons. The van der Waals surface area contributed by atoms with Gasteiger partial charge in [-0.15, -0.1) is 0 Å². The van der Waals surface area contributed by atoms with Crippen LogP contribution in [0.5, 0.6) is 11.5 Å². The van der Waals surface area contributed by atoms with E-state index in [9.17, 15) is 0 Å². The second-order valence-corrected chi connectivity index (χ2v) is 5.22. The van der Waals surface area contributed by atoms with E-state index in [0.717, 1.165) is 11.5 Å². The Morgan fingerprint density at radius 3 is 1.50 bits per heavy atom. The summed E-state index contributed by atoms with van der Waals surface area (Å²) in [6.45, 7) is 1.41. The van der Waals surface area contributed by atoms with Crippen molar-refractivity contribution in [3.63, 3.8) is 0 Å². The molecule has 2 aromatic rings. The number of benzene rings is 2. The highest BCUT2D eigenvalue weighted by Crippen LogP contribution is 2.18.